The predicted molar refractivity (Wildman–Crippen MR) is 100 cm³/mol. The molecule has 2 saturated heterocycles. The number of aryl methyl sites for hydroxylation is 1. The van der Waals surface area contributed by atoms with E-state index in [2.05, 4.69) is 44.8 Å². The summed E-state index contributed by atoms with van der Waals surface area (Å²) >= 11 is 0. The molecule has 4 rings (SSSR count). The largest absolute Gasteiger partial charge is 0.356 e. The van der Waals surface area contributed by atoms with Gasteiger partial charge in [-0.15, -0.1) is 0 Å². The van der Waals surface area contributed by atoms with E-state index in [4.69, 9.17) is 0 Å². The van der Waals surface area contributed by atoms with Crippen molar-refractivity contribution in [3.05, 3.63) is 46.3 Å². The molecular weight excluding hydrogens is 328 g/mol. The van der Waals surface area contributed by atoms with Crippen LogP contribution in [0.3, 0.4) is 0 Å². The van der Waals surface area contributed by atoms with Crippen LogP contribution in [0.5, 0.6) is 0 Å². The Balaban J connectivity index is 1.40. The second-order valence-electron chi connectivity index (χ2n) is 7.86. The van der Waals surface area contributed by atoms with Gasteiger partial charge in [-0.05, 0) is 23.8 Å². The van der Waals surface area contributed by atoms with Crippen LogP contribution in [0.2, 0.25) is 0 Å². The molecular formula is C19H26N6O. The topological polar surface area (TPSA) is 67.2 Å². The van der Waals surface area contributed by atoms with Crippen LogP contribution in [0.15, 0.2) is 29.5 Å². The zero-order valence-corrected chi connectivity index (χ0v) is 15.7. The van der Waals surface area contributed by atoms with E-state index in [-0.39, 0.29) is 5.56 Å². The second-order valence-corrected chi connectivity index (χ2v) is 7.86. The Bertz CT molecular complexity index is 834. The lowest BCUT2D eigenvalue weighted by molar-refractivity contribution is 0.306. The van der Waals surface area contributed by atoms with Crippen molar-refractivity contribution in [1.29, 1.82) is 0 Å². The Kier molecular flexibility index (Phi) is 4.48. The molecule has 0 aliphatic carbocycles. The van der Waals surface area contributed by atoms with Crippen LogP contribution in [-0.4, -0.2) is 50.8 Å². The summed E-state index contributed by atoms with van der Waals surface area (Å²) in [5, 5.41) is 4.00. The summed E-state index contributed by atoms with van der Waals surface area (Å²) in [6.07, 6.45) is 3.39. The van der Waals surface area contributed by atoms with Gasteiger partial charge in [-0.2, -0.15) is 5.10 Å². The molecule has 2 aromatic rings. The van der Waals surface area contributed by atoms with Crippen LogP contribution in [0.25, 0.3) is 0 Å². The van der Waals surface area contributed by atoms with Gasteiger partial charge < -0.3 is 4.90 Å². The summed E-state index contributed by atoms with van der Waals surface area (Å²) in [6.45, 7) is 9.17. The minimum absolute atomic E-state index is 0.00777. The predicted octanol–water partition coefficient (Wildman–Crippen LogP) is 1.26. The number of rotatable bonds is 4. The zero-order chi connectivity index (χ0) is 18.3. The molecule has 7 nitrogen and oxygen atoms in total. The molecule has 0 spiro atoms. The van der Waals surface area contributed by atoms with Crippen molar-refractivity contribution in [2.75, 3.05) is 31.1 Å². The van der Waals surface area contributed by atoms with Gasteiger partial charge in [-0.1, -0.05) is 13.8 Å². The Morgan fingerprint density at radius 1 is 1.15 bits per heavy atom. The van der Waals surface area contributed by atoms with E-state index >= 15 is 0 Å². The highest BCUT2D eigenvalue weighted by Gasteiger charge is 2.40. The van der Waals surface area contributed by atoms with Crippen molar-refractivity contribution in [2.45, 2.75) is 26.3 Å². The molecule has 138 valence electrons. The van der Waals surface area contributed by atoms with Crippen LogP contribution < -0.4 is 10.5 Å². The Morgan fingerprint density at radius 2 is 1.88 bits per heavy atom. The molecule has 2 fully saturated rings. The van der Waals surface area contributed by atoms with Gasteiger partial charge in [0.25, 0.3) is 5.56 Å². The lowest BCUT2D eigenvalue weighted by Gasteiger charge is -2.22. The molecule has 0 N–H and O–H groups in total. The molecule has 2 aliphatic heterocycles. The summed E-state index contributed by atoms with van der Waals surface area (Å²) in [7, 11) is 1.70. The normalized spacial score (nSPS) is 23.0. The average molecular weight is 354 g/mol. The minimum atomic E-state index is 0.00777. The van der Waals surface area contributed by atoms with E-state index in [9.17, 15) is 4.79 Å². The van der Waals surface area contributed by atoms with Crippen molar-refractivity contribution >= 4 is 5.82 Å². The lowest BCUT2D eigenvalue weighted by Crippen LogP contribution is -2.32. The van der Waals surface area contributed by atoms with Gasteiger partial charge in [0, 0.05) is 63.3 Å². The SMILES string of the molecule is CC(C)c1cc(N2CC3CN(Cc4ccnn(C)c4=O)CC3C2)ncn1. The maximum absolute atomic E-state index is 12.2. The van der Waals surface area contributed by atoms with Gasteiger partial charge in [0.1, 0.15) is 12.1 Å². The fourth-order valence-electron chi connectivity index (χ4n) is 4.17. The fraction of sp³-hybridized carbons (Fsp3) is 0.579. The number of likely N-dealkylation sites (tertiary alicyclic amines) is 1. The van der Waals surface area contributed by atoms with Gasteiger partial charge >= 0.3 is 0 Å². The fourth-order valence-corrected chi connectivity index (χ4v) is 4.17. The number of fused-ring (bicyclic) bond motifs is 1. The monoisotopic (exact) mass is 354 g/mol. The highest BCUT2D eigenvalue weighted by Crippen LogP contribution is 2.34. The van der Waals surface area contributed by atoms with Gasteiger partial charge in [0.15, 0.2) is 0 Å². The summed E-state index contributed by atoms with van der Waals surface area (Å²) < 4.78 is 1.41. The highest BCUT2D eigenvalue weighted by molar-refractivity contribution is 5.41. The van der Waals surface area contributed by atoms with Gasteiger partial charge in [-0.3, -0.25) is 9.69 Å². The number of aromatic nitrogens is 4. The van der Waals surface area contributed by atoms with Gasteiger partial charge in [0.05, 0.1) is 0 Å². The Morgan fingerprint density at radius 3 is 2.58 bits per heavy atom. The first-order valence-corrected chi connectivity index (χ1v) is 9.31. The molecule has 0 amide bonds. The number of hydrogen-bond acceptors (Lipinski definition) is 6. The van der Waals surface area contributed by atoms with Crippen LogP contribution >= 0.6 is 0 Å². The van der Waals surface area contributed by atoms with E-state index in [0.29, 0.717) is 24.3 Å². The zero-order valence-electron chi connectivity index (χ0n) is 15.7. The molecule has 7 heteroatoms. The van der Waals surface area contributed by atoms with Crippen LogP contribution in [0.4, 0.5) is 5.82 Å². The van der Waals surface area contributed by atoms with E-state index in [1.54, 1.807) is 19.6 Å². The molecule has 0 saturated carbocycles. The molecule has 0 bridgehead atoms. The first-order chi connectivity index (χ1) is 12.5. The lowest BCUT2D eigenvalue weighted by atomic mass is 10.0. The average Bonchev–Trinajstić information content (AvgIpc) is 3.17. The van der Waals surface area contributed by atoms with E-state index in [0.717, 1.165) is 43.3 Å². The van der Waals surface area contributed by atoms with Crippen molar-refractivity contribution in [3.63, 3.8) is 0 Å². The van der Waals surface area contributed by atoms with Crippen molar-refractivity contribution in [2.24, 2.45) is 18.9 Å². The number of anilines is 1. The summed E-state index contributed by atoms with van der Waals surface area (Å²) in [4.78, 5) is 25.8. The second kappa shape index (κ2) is 6.79. The van der Waals surface area contributed by atoms with Crippen LogP contribution in [0, 0.1) is 11.8 Å². The van der Waals surface area contributed by atoms with Crippen molar-refractivity contribution < 1.29 is 0 Å². The molecule has 2 aromatic heterocycles. The minimum Gasteiger partial charge on any atom is -0.356 e. The smallest absolute Gasteiger partial charge is 0.270 e. The summed E-state index contributed by atoms with van der Waals surface area (Å²) in [5.74, 6) is 2.74. The third kappa shape index (κ3) is 3.23. The van der Waals surface area contributed by atoms with Gasteiger partial charge in [-0.25, -0.2) is 14.6 Å². The standard InChI is InChI=1S/C19H26N6O/c1-13(2)17-6-18(21-12-20-17)25-10-15-8-24(9-16(15)11-25)7-14-4-5-22-23(3)19(14)26/h4-6,12-13,15-16H,7-11H2,1-3H3. The third-order valence-electron chi connectivity index (χ3n) is 5.63. The third-order valence-corrected chi connectivity index (χ3v) is 5.63. The maximum atomic E-state index is 12.2. The van der Waals surface area contributed by atoms with Crippen LogP contribution in [-0.2, 0) is 13.6 Å². The first kappa shape index (κ1) is 17.1. The van der Waals surface area contributed by atoms with E-state index in [1.165, 1.54) is 4.68 Å². The van der Waals surface area contributed by atoms with E-state index in [1.807, 2.05) is 6.07 Å². The molecule has 2 unspecified atom stereocenters. The molecule has 26 heavy (non-hydrogen) atoms. The molecule has 4 heterocycles. The van der Waals surface area contributed by atoms with Crippen LogP contribution in [0.1, 0.15) is 31.0 Å². The Labute approximate surface area is 153 Å². The number of hydrogen-bond donors (Lipinski definition) is 0. The van der Waals surface area contributed by atoms with E-state index < -0.39 is 0 Å². The molecule has 0 aromatic carbocycles. The highest BCUT2D eigenvalue weighted by atomic mass is 16.1. The quantitative estimate of drug-likeness (QED) is 0.824. The molecule has 2 atom stereocenters. The number of nitrogens with zero attached hydrogens (tertiary/aromatic N) is 6. The first-order valence-electron chi connectivity index (χ1n) is 9.31. The summed E-state index contributed by atoms with van der Waals surface area (Å²) in [5.41, 5.74) is 1.94. The van der Waals surface area contributed by atoms with Gasteiger partial charge in [0.2, 0.25) is 0 Å². The Hall–Kier alpha value is -2.28. The van der Waals surface area contributed by atoms with Crippen molar-refractivity contribution in [1.82, 2.24) is 24.6 Å². The summed E-state index contributed by atoms with van der Waals surface area (Å²) in [6, 6.07) is 3.97. The maximum Gasteiger partial charge on any atom is 0.270 e. The molecule has 2 aliphatic rings. The van der Waals surface area contributed by atoms with Crippen molar-refractivity contribution in [3.8, 4) is 0 Å². The molecule has 0 radical (unpaired) electrons.